The molecule has 0 saturated carbocycles. The highest BCUT2D eigenvalue weighted by Gasteiger charge is 2.29. The van der Waals surface area contributed by atoms with Crippen molar-refractivity contribution in [3.63, 3.8) is 0 Å². The van der Waals surface area contributed by atoms with Gasteiger partial charge in [-0.05, 0) is 6.92 Å². The predicted octanol–water partition coefficient (Wildman–Crippen LogP) is 0.650. The minimum Gasteiger partial charge on any atom is -0.461 e. The van der Waals surface area contributed by atoms with Crippen molar-refractivity contribution in [2.75, 3.05) is 13.2 Å². The van der Waals surface area contributed by atoms with E-state index in [0.717, 1.165) is 0 Å². The Morgan fingerprint density at radius 2 is 1.62 bits per heavy atom. The van der Waals surface area contributed by atoms with Crippen molar-refractivity contribution in [1.29, 1.82) is 0 Å². The molecule has 1 atom stereocenters. The van der Waals surface area contributed by atoms with Gasteiger partial charge in [-0.15, -0.1) is 0 Å². The Balaban J connectivity index is 4.25. The Morgan fingerprint density at radius 1 is 1.12 bits per heavy atom. The molecule has 0 saturated heterocycles. The van der Waals surface area contributed by atoms with Crippen LogP contribution in [0.3, 0.4) is 0 Å². The van der Waals surface area contributed by atoms with E-state index in [4.69, 9.17) is 0 Å². The SMILES string of the molecule is C=CCOC(=O)C(=O)C(C)C(=O)OCC=C. The summed E-state index contributed by atoms with van der Waals surface area (Å²) in [5.74, 6) is -3.95. The molecule has 0 aliphatic rings. The zero-order valence-electron chi connectivity index (χ0n) is 9.10. The lowest BCUT2D eigenvalue weighted by molar-refractivity contribution is -0.160. The molecule has 0 bridgehead atoms. The summed E-state index contributed by atoms with van der Waals surface area (Å²) in [5.41, 5.74) is 0. The smallest absolute Gasteiger partial charge is 0.375 e. The van der Waals surface area contributed by atoms with E-state index in [-0.39, 0.29) is 13.2 Å². The van der Waals surface area contributed by atoms with E-state index in [1.807, 2.05) is 0 Å². The number of hydrogen-bond donors (Lipinski definition) is 0. The largest absolute Gasteiger partial charge is 0.461 e. The van der Waals surface area contributed by atoms with Crippen molar-refractivity contribution in [2.24, 2.45) is 5.92 Å². The number of rotatable bonds is 7. The van der Waals surface area contributed by atoms with Gasteiger partial charge in [0.15, 0.2) is 0 Å². The predicted molar refractivity (Wildman–Crippen MR) is 56.5 cm³/mol. The van der Waals surface area contributed by atoms with Crippen LogP contribution in [0.4, 0.5) is 0 Å². The van der Waals surface area contributed by atoms with Gasteiger partial charge in [-0.25, -0.2) is 4.79 Å². The van der Waals surface area contributed by atoms with Gasteiger partial charge in [0.05, 0.1) is 0 Å². The van der Waals surface area contributed by atoms with Crippen LogP contribution in [0, 0.1) is 5.92 Å². The molecule has 0 aliphatic carbocycles. The van der Waals surface area contributed by atoms with E-state index in [9.17, 15) is 14.4 Å². The van der Waals surface area contributed by atoms with Gasteiger partial charge in [0.25, 0.3) is 5.78 Å². The highest BCUT2D eigenvalue weighted by atomic mass is 16.5. The summed E-state index contributed by atoms with van der Waals surface area (Å²) in [6.07, 6.45) is 2.69. The number of esters is 2. The van der Waals surface area contributed by atoms with Crippen molar-refractivity contribution < 1.29 is 23.9 Å². The van der Waals surface area contributed by atoms with Gasteiger partial charge in [-0.2, -0.15) is 0 Å². The van der Waals surface area contributed by atoms with E-state index in [2.05, 4.69) is 22.6 Å². The van der Waals surface area contributed by atoms with Crippen LogP contribution in [-0.4, -0.2) is 30.9 Å². The standard InChI is InChI=1S/C11H14O5/c1-4-6-15-10(13)8(3)9(12)11(14)16-7-5-2/h4-5,8H,1-2,6-7H2,3H3. The summed E-state index contributed by atoms with van der Waals surface area (Å²) in [6.45, 7) is 7.88. The second-order valence-corrected chi connectivity index (χ2v) is 2.89. The van der Waals surface area contributed by atoms with E-state index < -0.39 is 23.6 Å². The second kappa shape index (κ2) is 7.39. The molecule has 0 heterocycles. The summed E-state index contributed by atoms with van der Waals surface area (Å²) in [6, 6.07) is 0. The zero-order valence-corrected chi connectivity index (χ0v) is 9.10. The van der Waals surface area contributed by atoms with E-state index in [0.29, 0.717) is 0 Å². The summed E-state index contributed by atoms with van der Waals surface area (Å²) in [7, 11) is 0. The van der Waals surface area contributed by atoms with E-state index in [1.54, 1.807) is 0 Å². The first-order chi connectivity index (χ1) is 7.54. The van der Waals surface area contributed by atoms with Crippen LogP contribution in [-0.2, 0) is 23.9 Å². The molecule has 88 valence electrons. The monoisotopic (exact) mass is 226 g/mol. The molecule has 0 N–H and O–H groups in total. The topological polar surface area (TPSA) is 69.7 Å². The van der Waals surface area contributed by atoms with Crippen molar-refractivity contribution in [3.05, 3.63) is 25.3 Å². The summed E-state index contributed by atoms with van der Waals surface area (Å²) < 4.78 is 9.12. The van der Waals surface area contributed by atoms with Crippen LogP contribution >= 0.6 is 0 Å². The van der Waals surface area contributed by atoms with Crippen LogP contribution in [0.2, 0.25) is 0 Å². The number of carbonyl (C=O) groups excluding carboxylic acids is 3. The molecule has 1 unspecified atom stereocenters. The first-order valence-corrected chi connectivity index (χ1v) is 4.64. The molecule has 0 spiro atoms. The Morgan fingerprint density at radius 3 is 2.12 bits per heavy atom. The molecule has 0 aromatic rings. The minimum absolute atomic E-state index is 0.00183. The molecule has 0 aliphatic heterocycles. The fourth-order valence-electron chi connectivity index (χ4n) is 0.756. The quantitative estimate of drug-likeness (QED) is 0.276. The average molecular weight is 226 g/mol. The molecule has 16 heavy (non-hydrogen) atoms. The summed E-state index contributed by atoms with van der Waals surface area (Å²) in [5, 5.41) is 0. The molecule has 5 nitrogen and oxygen atoms in total. The van der Waals surface area contributed by atoms with Crippen LogP contribution in [0.5, 0.6) is 0 Å². The van der Waals surface area contributed by atoms with Crippen molar-refractivity contribution >= 4 is 17.7 Å². The van der Waals surface area contributed by atoms with Gasteiger partial charge < -0.3 is 9.47 Å². The van der Waals surface area contributed by atoms with E-state index >= 15 is 0 Å². The maximum Gasteiger partial charge on any atom is 0.375 e. The van der Waals surface area contributed by atoms with Crippen molar-refractivity contribution in [1.82, 2.24) is 0 Å². The number of ether oxygens (including phenoxy) is 2. The number of Topliss-reactive ketones (excluding diaryl/α,β-unsaturated/α-hetero) is 1. The van der Waals surface area contributed by atoms with Gasteiger partial charge in [-0.1, -0.05) is 25.3 Å². The lowest BCUT2D eigenvalue weighted by Crippen LogP contribution is -2.30. The fraction of sp³-hybridized carbons (Fsp3) is 0.364. The maximum atomic E-state index is 11.3. The van der Waals surface area contributed by atoms with Crippen molar-refractivity contribution in [2.45, 2.75) is 6.92 Å². The molecule has 0 aromatic heterocycles. The normalized spacial score (nSPS) is 11.1. The Labute approximate surface area is 93.7 Å². The lowest BCUT2D eigenvalue weighted by atomic mass is 10.1. The highest BCUT2D eigenvalue weighted by Crippen LogP contribution is 2.02. The van der Waals surface area contributed by atoms with Crippen LogP contribution in [0.25, 0.3) is 0 Å². The number of hydrogen-bond acceptors (Lipinski definition) is 5. The fourth-order valence-corrected chi connectivity index (χ4v) is 0.756. The highest BCUT2D eigenvalue weighted by molar-refractivity contribution is 6.37. The lowest BCUT2D eigenvalue weighted by Gasteiger charge is -2.08. The first kappa shape index (κ1) is 14.1. The molecule has 0 amide bonds. The molecular weight excluding hydrogens is 212 g/mol. The summed E-state index contributed by atoms with van der Waals surface area (Å²) in [4.78, 5) is 33.6. The van der Waals surface area contributed by atoms with Gasteiger partial charge in [0.2, 0.25) is 0 Å². The van der Waals surface area contributed by atoms with Gasteiger partial charge in [0, 0.05) is 0 Å². The van der Waals surface area contributed by atoms with Crippen LogP contribution < -0.4 is 0 Å². The molecule has 0 radical (unpaired) electrons. The average Bonchev–Trinajstić information content (AvgIpc) is 2.30. The Hall–Kier alpha value is -1.91. The number of carbonyl (C=O) groups is 3. The Bertz CT molecular complexity index is 305. The molecule has 0 rings (SSSR count). The first-order valence-electron chi connectivity index (χ1n) is 4.64. The minimum atomic E-state index is -1.17. The van der Waals surface area contributed by atoms with Crippen LogP contribution in [0.1, 0.15) is 6.92 Å². The van der Waals surface area contributed by atoms with Crippen molar-refractivity contribution in [3.8, 4) is 0 Å². The maximum absolute atomic E-state index is 11.3. The van der Waals surface area contributed by atoms with Gasteiger partial charge in [0.1, 0.15) is 19.1 Å². The Kier molecular flexibility index (Phi) is 6.51. The molecular formula is C11H14O5. The molecule has 5 heteroatoms. The van der Waals surface area contributed by atoms with E-state index in [1.165, 1.54) is 19.1 Å². The third kappa shape index (κ3) is 4.54. The van der Waals surface area contributed by atoms with Gasteiger partial charge in [-0.3, -0.25) is 9.59 Å². The molecule has 0 aromatic carbocycles. The van der Waals surface area contributed by atoms with Gasteiger partial charge >= 0.3 is 11.9 Å². The third-order valence-corrected chi connectivity index (χ3v) is 1.62. The zero-order chi connectivity index (χ0) is 12.6. The number of ketones is 1. The summed E-state index contributed by atoms with van der Waals surface area (Å²) >= 11 is 0. The third-order valence-electron chi connectivity index (χ3n) is 1.62. The molecule has 0 fully saturated rings. The van der Waals surface area contributed by atoms with Crippen LogP contribution in [0.15, 0.2) is 25.3 Å². The second-order valence-electron chi connectivity index (χ2n) is 2.89.